The van der Waals surface area contributed by atoms with Gasteiger partial charge in [-0.3, -0.25) is 9.59 Å². The lowest BCUT2D eigenvalue weighted by Crippen LogP contribution is -2.56. The van der Waals surface area contributed by atoms with Gasteiger partial charge in [0, 0.05) is 19.6 Å². The van der Waals surface area contributed by atoms with Crippen molar-refractivity contribution >= 4 is 11.8 Å². The SMILES string of the molecule is C=CC(=O)N1CC(C(=O)N2CCc3ccccc3C(O)C2)C1. The third-order valence-electron chi connectivity index (χ3n) is 4.49. The highest BCUT2D eigenvalue weighted by atomic mass is 16.3. The average Bonchev–Trinajstić information content (AvgIpc) is 2.65. The van der Waals surface area contributed by atoms with Gasteiger partial charge in [0.05, 0.1) is 18.6 Å². The normalized spacial score (nSPS) is 21.6. The Kier molecular flexibility index (Phi) is 3.98. The average molecular weight is 300 g/mol. The molecule has 1 saturated heterocycles. The fourth-order valence-electron chi connectivity index (χ4n) is 3.14. The molecule has 0 saturated carbocycles. The molecule has 5 nitrogen and oxygen atoms in total. The third-order valence-corrected chi connectivity index (χ3v) is 4.49. The number of hydrogen-bond acceptors (Lipinski definition) is 3. The highest BCUT2D eigenvalue weighted by Crippen LogP contribution is 2.26. The van der Waals surface area contributed by atoms with Crippen molar-refractivity contribution in [3.63, 3.8) is 0 Å². The van der Waals surface area contributed by atoms with E-state index in [1.54, 1.807) is 9.80 Å². The largest absolute Gasteiger partial charge is 0.387 e. The summed E-state index contributed by atoms with van der Waals surface area (Å²) in [7, 11) is 0. The van der Waals surface area contributed by atoms with Crippen molar-refractivity contribution in [3.8, 4) is 0 Å². The molecule has 1 fully saturated rings. The van der Waals surface area contributed by atoms with Crippen LogP contribution >= 0.6 is 0 Å². The molecule has 3 rings (SSSR count). The van der Waals surface area contributed by atoms with E-state index in [0.29, 0.717) is 26.2 Å². The molecule has 0 radical (unpaired) electrons. The first-order valence-corrected chi connectivity index (χ1v) is 7.56. The third kappa shape index (κ3) is 2.64. The molecule has 1 N–H and O–H groups in total. The maximum Gasteiger partial charge on any atom is 0.246 e. The summed E-state index contributed by atoms with van der Waals surface area (Å²) in [6.45, 7) is 5.28. The number of rotatable bonds is 2. The molecule has 1 unspecified atom stereocenters. The minimum atomic E-state index is -0.645. The van der Waals surface area contributed by atoms with E-state index in [1.807, 2.05) is 24.3 Å². The molecule has 1 atom stereocenters. The van der Waals surface area contributed by atoms with Crippen LogP contribution in [0.2, 0.25) is 0 Å². The fourth-order valence-corrected chi connectivity index (χ4v) is 3.14. The fraction of sp³-hybridized carbons (Fsp3) is 0.412. The summed E-state index contributed by atoms with van der Waals surface area (Å²) in [5, 5.41) is 10.3. The number of aliphatic hydroxyl groups is 1. The molecule has 116 valence electrons. The van der Waals surface area contributed by atoms with E-state index in [-0.39, 0.29) is 17.7 Å². The summed E-state index contributed by atoms with van der Waals surface area (Å²) in [5.74, 6) is -0.260. The second-order valence-electron chi connectivity index (χ2n) is 5.89. The van der Waals surface area contributed by atoms with Gasteiger partial charge >= 0.3 is 0 Å². The molecular formula is C17H20N2O3. The number of carbonyl (C=O) groups excluding carboxylic acids is 2. The lowest BCUT2D eigenvalue weighted by molar-refractivity contribution is -0.147. The summed E-state index contributed by atoms with van der Waals surface area (Å²) in [6.07, 6.45) is 1.38. The zero-order valence-corrected chi connectivity index (χ0v) is 12.4. The molecule has 22 heavy (non-hydrogen) atoms. The van der Waals surface area contributed by atoms with Crippen molar-refractivity contribution in [1.29, 1.82) is 0 Å². The Morgan fingerprint density at radius 1 is 1.18 bits per heavy atom. The van der Waals surface area contributed by atoms with Gasteiger partial charge in [0.25, 0.3) is 0 Å². The molecule has 0 aliphatic carbocycles. The van der Waals surface area contributed by atoms with Crippen LogP contribution in [0.1, 0.15) is 17.2 Å². The van der Waals surface area contributed by atoms with Crippen molar-refractivity contribution in [1.82, 2.24) is 9.80 Å². The molecule has 2 aliphatic rings. The van der Waals surface area contributed by atoms with E-state index in [0.717, 1.165) is 17.5 Å². The van der Waals surface area contributed by atoms with Crippen LogP contribution in [0.15, 0.2) is 36.9 Å². The van der Waals surface area contributed by atoms with E-state index in [1.165, 1.54) is 6.08 Å². The number of carbonyl (C=O) groups is 2. The molecule has 1 aromatic carbocycles. The van der Waals surface area contributed by atoms with Crippen LogP contribution in [0.5, 0.6) is 0 Å². The Morgan fingerprint density at radius 2 is 1.91 bits per heavy atom. The second-order valence-corrected chi connectivity index (χ2v) is 5.89. The summed E-state index contributed by atoms with van der Waals surface area (Å²) < 4.78 is 0. The number of likely N-dealkylation sites (tertiary alicyclic amines) is 1. The van der Waals surface area contributed by atoms with Gasteiger partial charge in [-0.15, -0.1) is 0 Å². The van der Waals surface area contributed by atoms with Crippen LogP contribution in [-0.4, -0.2) is 52.9 Å². The quantitative estimate of drug-likeness (QED) is 0.820. The minimum absolute atomic E-state index is 0.0277. The molecule has 2 amide bonds. The van der Waals surface area contributed by atoms with Gasteiger partial charge in [0.15, 0.2) is 0 Å². The lowest BCUT2D eigenvalue weighted by Gasteiger charge is -2.40. The first kappa shape index (κ1) is 14.8. The van der Waals surface area contributed by atoms with Crippen LogP contribution in [-0.2, 0) is 16.0 Å². The molecule has 0 spiro atoms. The predicted octanol–water partition coefficient (Wildman–Crippen LogP) is 0.749. The van der Waals surface area contributed by atoms with Gasteiger partial charge in [-0.2, -0.15) is 0 Å². The molecule has 2 aliphatic heterocycles. The molecule has 1 aromatic rings. The monoisotopic (exact) mass is 300 g/mol. The smallest absolute Gasteiger partial charge is 0.246 e. The summed E-state index contributed by atoms with van der Waals surface area (Å²) in [6, 6.07) is 7.78. The Bertz CT molecular complexity index is 608. The zero-order valence-electron chi connectivity index (χ0n) is 12.4. The van der Waals surface area contributed by atoms with Gasteiger partial charge in [-0.1, -0.05) is 30.8 Å². The molecule has 5 heteroatoms. The highest BCUT2D eigenvalue weighted by molar-refractivity contribution is 5.90. The summed E-state index contributed by atoms with van der Waals surface area (Å²) in [4.78, 5) is 27.3. The highest BCUT2D eigenvalue weighted by Gasteiger charge is 2.38. The number of aliphatic hydroxyl groups excluding tert-OH is 1. The summed E-state index contributed by atoms with van der Waals surface area (Å²) >= 11 is 0. The summed E-state index contributed by atoms with van der Waals surface area (Å²) in [5.41, 5.74) is 2.01. The Labute approximate surface area is 129 Å². The topological polar surface area (TPSA) is 60.9 Å². The van der Waals surface area contributed by atoms with Gasteiger partial charge in [-0.05, 0) is 23.6 Å². The number of benzene rings is 1. The van der Waals surface area contributed by atoms with Crippen LogP contribution in [0, 0.1) is 5.92 Å². The Morgan fingerprint density at radius 3 is 2.64 bits per heavy atom. The van der Waals surface area contributed by atoms with Gasteiger partial charge in [0.1, 0.15) is 0 Å². The van der Waals surface area contributed by atoms with Crippen molar-refractivity contribution in [2.45, 2.75) is 12.5 Å². The maximum absolute atomic E-state index is 12.5. The molecule has 0 bridgehead atoms. The number of amides is 2. The van der Waals surface area contributed by atoms with Crippen molar-refractivity contribution < 1.29 is 14.7 Å². The van der Waals surface area contributed by atoms with Crippen LogP contribution in [0.25, 0.3) is 0 Å². The molecule has 0 aromatic heterocycles. The Balaban J connectivity index is 1.64. The van der Waals surface area contributed by atoms with E-state index in [4.69, 9.17) is 0 Å². The van der Waals surface area contributed by atoms with Gasteiger partial charge in [0.2, 0.25) is 11.8 Å². The predicted molar refractivity (Wildman–Crippen MR) is 82.0 cm³/mol. The van der Waals surface area contributed by atoms with Crippen LogP contribution in [0.4, 0.5) is 0 Å². The Hall–Kier alpha value is -2.14. The van der Waals surface area contributed by atoms with Crippen LogP contribution in [0.3, 0.4) is 0 Å². The number of fused-ring (bicyclic) bond motifs is 1. The molecule has 2 heterocycles. The van der Waals surface area contributed by atoms with Gasteiger partial charge in [-0.25, -0.2) is 0 Å². The standard InChI is InChI=1S/C17H20N2O3/c1-2-16(21)19-9-13(10-19)17(22)18-8-7-12-5-3-4-6-14(12)15(20)11-18/h2-6,13,15,20H,1,7-11H2. The van der Waals surface area contributed by atoms with E-state index < -0.39 is 6.10 Å². The van der Waals surface area contributed by atoms with Crippen molar-refractivity contribution in [2.75, 3.05) is 26.2 Å². The number of β-amino-alcohol motifs (C(OH)–C–C–N with tert-alkyl or cyclic N) is 1. The van der Waals surface area contributed by atoms with Gasteiger partial charge < -0.3 is 14.9 Å². The molecular weight excluding hydrogens is 280 g/mol. The zero-order chi connectivity index (χ0) is 15.7. The maximum atomic E-state index is 12.5. The van der Waals surface area contributed by atoms with E-state index in [9.17, 15) is 14.7 Å². The first-order chi connectivity index (χ1) is 10.6. The lowest BCUT2D eigenvalue weighted by atomic mass is 9.98. The minimum Gasteiger partial charge on any atom is -0.387 e. The van der Waals surface area contributed by atoms with Crippen molar-refractivity contribution in [2.24, 2.45) is 5.92 Å². The second kappa shape index (κ2) is 5.93. The van der Waals surface area contributed by atoms with Crippen molar-refractivity contribution in [3.05, 3.63) is 48.0 Å². The number of nitrogens with zero attached hydrogens (tertiary/aromatic N) is 2. The van der Waals surface area contributed by atoms with Crippen LogP contribution < -0.4 is 0 Å². The number of hydrogen-bond donors (Lipinski definition) is 1. The van der Waals surface area contributed by atoms with E-state index in [2.05, 4.69) is 6.58 Å². The van der Waals surface area contributed by atoms with E-state index >= 15 is 0 Å². The first-order valence-electron chi connectivity index (χ1n) is 7.56.